The van der Waals surface area contributed by atoms with Gasteiger partial charge in [-0.25, -0.2) is 9.59 Å². The summed E-state index contributed by atoms with van der Waals surface area (Å²) < 4.78 is 25.9. The molecule has 0 atom stereocenters. The molecular formula is C24H26ClNO7S. The number of carbonyl (C=O) groups is 2. The van der Waals surface area contributed by atoms with Crippen molar-refractivity contribution < 1.29 is 32.8 Å². The maximum Gasteiger partial charge on any atom is 0.335 e. The van der Waals surface area contributed by atoms with Crippen LogP contribution in [0.1, 0.15) is 37.4 Å². The van der Waals surface area contributed by atoms with Gasteiger partial charge in [0.2, 0.25) is 0 Å². The highest BCUT2D eigenvalue weighted by Gasteiger charge is 2.10. The minimum absolute atomic E-state index is 0. The van der Waals surface area contributed by atoms with Gasteiger partial charge < -0.3 is 10.2 Å². The molecule has 0 radical (unpaired) electrons. The Kier molecular flexibility index (Phi) is 11.4. The van der Waals surface area contributed by atoms with E-state index in [0.717, 1.165) is 17.7 Å². The molecule has 0 aliphatic rings. The maximum atomic E-state index is 11.0. The zero-order valence-corrected chi connectivity index (χ0v) is 20.0. The van der Waals surface area contributed by atoms with Crippen molar-refractivity contribution in [3.63, 3.8) is 0 Å². The van der Waals surface area contributed by atoms with Crippen LogP contribution in [0.3, 0.4) is 0 Å². The topological polar surface area (TPSA) is 132 Å². The van der Waals surface area contributed by atoms with Crippen LogP contribution in [0, 0.1) is 0 Å². The number of benzene rings is 3. The average molecular weight is 508 g/mol. The first-order valence-electron chi connectivity index (χ1n) is 9.84. The molecule has 182 valence electrons. The molecule has 0 heterocycles. The summed E-state index contributed by atoms with van der Waals surface area (Å²) in [6, 6.07) is 23.9. The van der Waals surface area contributed by atoms with Gasteiger partial charge in [0.05, 0.1) is 17.4 Å². The Morgan fingerprint density at radius 1 is 0.676 bits per heavy atom. The molecule has 0 aromatic heterocycles. The van der Waals surface area contributed by atoms with Crippen molar-refractivity contribution in [2.75, 3.05) is 6.26 Å². The van der Waals surface area contributed by atoms with Crippen molar-refractivity contribution in [1.82, 2.24) is 4.90 Å². The first kappa shape index (κ1) is 28.8. The quantitative estimate of drug-likeness (QED) is 0.386. The normalized spacial score (nSPS) is 10.6. The largest absolute Gasteiger partial charge is 0.478 e. The highest BCUT2D eigenvalue weighted by atomic mass is 35.5. The van der Waals surface area contributed by atoms with Gasteiger partial charge in [-0.2, -0.15) is 8.42 Å². The fourth-order valence-electron chi connectivity index (χ4n) is 3.03. The lowest BCUT2D eigenvalue weighted by atomic mass is 10.1. The van der Waals surface area contributed by atoms with E-state index in [0.29, 0.717) is 19.3 Å². The lowest BCUT2D eigenvalue weighted by Gasteiger charge is -2.23. The summed E-state index contributed by atoms with van der Waals surface area (Å²) >= 11 is 0. The molecule has 0 spiro atoms. The zero-order valence-electron chi connectivity index (χ0n) is 18.4. The fourth-order valence-corrected chi connectivity index (χ4v) is 3.03. The standard InChI is InChI=1S/C23H21NO4.CH4O3S.ClH/c25-22(26)20-10-6-18(7-11-20)15-24(14-17-4-2-1-3-5-17)16-19-8-12-21(13-9-19)23(27)28;1-5(2,3)4;/h1-13H,14-16H2,(H,25,26)(H,27,28);1H3,(H,2,3,4);1H. The van der Waals surface area contributed by atoms with Crippen molar-refractivity contribution in [2.45, 2.75) is 19.6 Å². The molecular weight excluding hydrogens is 482 g/mol. The predicted molar refractivity (Wildman–Crippen MR) is 131 cm³/mol. The maximum absolute atomic E-state index is 11.0. The van der Waals surface area contributed by atoms with Gasteiger partial charge in [-0.05, 0) is 41.0 Å². The molecule has 8 nitrogen and oxygen atoms in total. The van der Waals surface area contributed by atoms with Crippen LogP contribution in [0.2, 0.25) is 0 Å². The van der Waals surface area contributed by atoms with E-state index in [9.17, 15) is 18.0 Å². The molecule has 34 heavy (non-hydrogen) atoms. The number of hydrogen-bond donors (Lipinski definition) is 3. The third kappa shape index (κ3) is 11.1. The third-order valence-electron chi connectivity index (χ3n) is 4.46. The third-order valence-corrected chi connectivity index (χ3v) is 4.46. The summed E-state index contributed by atoms with van der Waals surface area (Å²) in [6.45, 7) is 2.02. The van der Waals surface area contributed by atoms with Crippen LogP contribution in [0.4, 0.5) is 0 Å². The van der Waals surface area contributed by atoms with Gasteiger partial charge in [-0.15, -0.1) is 12.4 Å². The molecule has 0 amide bonds. The summed E-state index contributed by atoms with van der Waals surface area (Å²) in [6.07, 6.45) is 0.715. The SMILES string of the molecule is CS(=O)(=O)O.Cl.O=C(O)c1ccc(CN(Cc2ccccc2)Cc2ccc(C(=O)O)cc2)cc1. The number of hydrogen-bond acceptors (Lipinski definition) is 5. The Morgan fingerprint density at radius 3 is 1.26 bits per heavy atom. The van der Waals surface area contributed by atoms with Crippen LogP contribution in [0.25, 0.3) is 0 Å². The second kappa shape index (κ2) is 13.5. The van der Waals surface area contributed by atoms with Crippen molar-refractivity contribution in [3.8, 4) is 0 Å². The summed E-state index contributed by atoms with van der Waals surface area (Å²) in [7, 11) is -3.67. The molecule has 3 rings (SSSR count). The molecule has 0 aliphatic heterocycles. The number of aromatic carboxylic acids is 2. The van der Waals surface area contributed by atoms with E-state index in [1.165, 1.54) is 5.56 Å². The van der Waals surface area contributed by atoms with E-state index in [1.54, 1.807) is 24.3 Å². The molecule has 0 saturated carbocycles. The molecule has 0 unspecified atom stereocenters. The fraction of sp³-hybridized carbons (Fsp3) is 0.167. The van der Waals surface area contributed by atoms with E-state index in [4.69, 9.17) is 14.8 Å². The van der Waals surface area contributed by atoms with Crippen LogP contribution in [0.5, 0.6) is 0 Å². The Labute approximate surface area is 204 Å². The Bertz CT molecular complexity index is 1100. The lowest BCUT2D eigenvalue weighted by Crippen LogP contribution is -2.22. The summed E-state index contributed by atoms with van der Waals surface area (Å²) in [5.41, 5.74) is 3.74. The highest BCUT2D eigenvalue weighted by molar-refractivity contribution is 7.85. The summed E-state index contributed by atoms with van der Waals surface area (Å²) in [4.78, 5) is 24.3. The second-order valence-corrected chi connectivity index (χ2v) is 8.83. The van der Waals surface area contributed by atoms with Gasteiger partial charge in [0, 0.05) is 19.6 Å². The molecule has 3 N–H and O–H groups in total. The number of carboxylic acid groups (broad SMARTS) is 2. The zero-order chi connectivity index (χ0) is 24.4. The minimum atomic E-state index is -3.67. The molecule has 3 aromatic carbocycles. The lowest BCUT2D eigenvalue weighted by molar-refractivity contribution is 0.0686. The Hall–Kier alpha value is -3.24. The van der Waals surface area contributed by atoms with Gasteiger partial charge in [0.1, 0.15) is 0 Å². The molecule has 0 saturated heterocycles. The minimum Gasteiger partial charge on any atom is -0.478 e. The average Bonchev–Trinajstić information content (AvgIpc) is 2.74. The molecule has 10 heteroatoms. The van der Waals surface area contributed by atoms with E-state index in [2.05, 4.69) is 17.0 Å². The number of carboxylic acids is 2. The Morgan fingerprint density at radius 2 is 0.971 bits per heavy atom. The van der Waals surface area contributed by atoms with E-state index < -0.39 is 22.1 Å². The van der Waals surface area contributed by atoms with Gasteiger partial charge in [0.15, 0.2) is 0 Å². The van der Waals surface area contributed by atoms with Crippen molar-refractivity contribution in [1.29, 1.82) is 0 Å². The van der Waals surface area contributed by atoms with E-state index in [1.807, 2.05) is 42.5 Å². The monoisotopic (exact) mass is 507 g/mol. The number of halogens is 1. The summed E-state index contributed by atoms with van der Waals surface area (Å²) in [5, 5.41) is 18.1. The predicted octanol–water partition coefficient (Wildman–Crippen LogP) is 4.21. The Balaban J connectivity index is 0.000000873. The van der Waals surface area contributed by atoms with E-state index >= 15 is 0 Å². The first-order valence-corrected chi connectivity index (χ1v) is 11.7. The van der Waals surface area contributed by atoms with Crippen molar-refractivity contribution >= 4 is 34.5 Å². The summed E-state index contributed by atoms with van der Waals surface area (Å²) in [5.74, 6) is -1.88. The van der Waals surface area contributed by atoms with Gasteiger partial charge >= 0.3 is 11.9 Å². The van der Waals surface area contributed by atoms with Crippen LogP contribution in [-0.2, 0) is 29.8 Å². The van der Waals surface area contributed by atoms with E-state index in [-0.39, 0.29) is 23.5 Å². The van der Waals surface area contributed by atoms with Gasteiger partial charge in [0.25, 0.3) is 10.1 Å². The molecule has 0 aliphatic carbocycles. The smallest absolute Gasteiger partial charge is 0.335 e. The van der Waals surface area contributed by atoms with Crippen LogP contribution in [-0.4, -0.2) is 46.3 Å². The van der Waals surface area contributed by atoms with Crippen LogP contribution >= 0.6 is 12.4 Å². The van der Waals surface area contributed by atoms with Crippen LogP contribution in [0.15, 0.2) is 78.9 Å². The highest BCUT2D eigenvalue weighted by Crippen LogP contribution is 2.16. The van der Waals surface area contributed by atoms with Crippen molar-refractivity contribution in [2.24, 2.45) is 0 Å². The number of rotatable bonds is 8. The molecule has 3 aromatic rings. The van der Waals surface area contributed by atoms with Crippen molar-refractivity contribution in [3.05, 3.63) is 107 Å². The van der Waals surface area contributed by atoms with Gasteiger partial charge in [-0.1, -0.05) is 54.6 Å². The first-order chi connectivity index (χ1) is 15.5. The molecule has 0 fully saturated rings. The second-order valence-electron chi connectivity index (χ2n) is 7.37. The van der Waals surface area contributed by atoms with Gasteiger partial charge in [-0.3, -0.25) is 9.45 Å². The number of nitrogens with zero attached hydrogens (tertiary/aromatic N) is 1. The van der Waals surface area contributed by atoms with Crippen LogP contribution < -0.4 is 0 Å². The molecule has 0 bridgehead atoms.